The molecular weight excluding hydrogens is 380 g/mol. The first-order valence-corrected chi connectivity index (χ1v) is 9.03. The fourth-order valence-corrected chi connectivity index (χ4v) is 3.52. The van der Waals surface area contributed by atoms with E-state index in [0.29, 0.717) is 28.0 Å². The molecule has 6 N–H and O–H groups in total. The quantitative estimate of drug-likeness (QED) is 0.368. The van der Waals surface area contributed by atoms with Gasteiger partial charge in [-0.2, -0.15) is 0 Å². The highest BCUT2D eigenvalue weighted by Gasteiger charge is 2.43. The third kappa shape index (κ3) is 3.50. The Kier molecular flexibility index (Phi) is 5.07. The number of aromatic amines is 1. The summed E-state index contributed by atoms with van der Waals surface area (Å²) >= 11 is 0. The molecule has 0 bridgehead atoms. The number of aliphatic hydroxyl groups is 4. The second-order valence-electron chi connectivity index (χ2n) is 7.00. The smallest absolute Gasteiger partial charge is 0.335 e. The number of fused-ring (bicyclic) bond motifs is 1. The average Bonchev–Trinajstić information content (AvgIpc) is 3.16. The zero-order valence-corrected chi connectivity index (χ0v) is 15.1. The molecule has 152 valence electrons. The molecule has 0 saturated carbocycles. The van der Waals surface area contributed by atoms with Crippen LogP contribution in [0.25, 0.3) is 22.4 Å². The molecule has 0 amide bonds. The molecule has 1 aliphatic rings. The molecule has 1 saturated heterocycles. The Hall–Kier alpha value is -2.82. The Balaban J connectivity index is 1.68. The molecule has 0 unspecified atom stereocenters. The van der Waals surface area contributed by atoms with Crippen molar-refractivity contribution in [2.45, 2.75) is 30.5 Å². The molecule has 3 aromatic rings. The number of hydrogen-bond acceptors (Lipinski definition) is 7. The molecule has 0 aliphatic carbocycles. The first-order valence-electron chi connectivity index (χ1n) is 9.03. The van der Waals surface area contributed by atoms with Crippen LogP contribution in [-0.2, 0) is 4.74 Å². The van der Waals surface area contributed by atoms with Crippen LogP contribution >= 0.6 is 0 Å². The summed E-state index contributed by atoms with van der Waals surface area (Å²) in [6.45, 7) is -0.503. The summed E-state index contributed by atoms with van der Waals surface area (Å²) in [6, 6.07) is 11.5. The van der Waals surface area contributed by atoms with Crippen LogP contribution in [0.3, 0.4) is 0 Å². The van der Waals surface area contributed by atoms with E-state index in [1.54, 1.807) is 30.3 Å². The van der Waals surface area contributed by atoms with E-state index in [-0.39, 0.29) is 5.56 Å². The number of H-pyrrole nitrogens is 1. The van der Waals surface area contributed by atoms with E-state index in [1.807, 2.05) is 0 Å². The molecule has 1 aliphatic heterocycles. The summed E-state index contributed by atoms with van der Waals surface area (Å²) in [7, 11) is 0. The minimum Gasteiger partial charge on any atom is -0.478 e. The summed E-state index contributed by atoms with van der Waals surface area (Å²) in [6.07, 6.45) is -6.21. The second-order valence-corrected chi connectivity index (χ2v) is 7.00. The lowest BCUT2D eigenvalue weighted by molar-refractivity contribution is -0.231. The highest BCUT2D eigenvalue weighted by atomic mass is 16.5. The van der Waals surface area contributed by atoms with Crippen LogP contribution in [0.15, 0.2) is 42.5 Å². The van der Waals surface area contributed by atoms with Crippen LogP contribution in [0.2, 0.25) is 0 Å². The first-order chi connectivity index (χ1) is 13.9. The van der Waals surface area contributed by atoms with Gasteiger partial charge in [-0.25, -0.2) is 9.78 Å². The van der Waals surface area contributed by atoms with Gasteiger partial charge >= 0.3 is 5.97 Å². The number of nitrogens with one attached hydrogen (secondary N) is 1. The summed E-state index contributed by atoms with van der Waals surface area (Å²) in [5.74, 6) is -0.540. The van der Waals surface area contributed by atoms with Gasteiger partial charge < -0.3 is 35.3 Å². The van der Waals surface area contributed by atoms with Gasteiger partial charge in [-0.1, -0.05) is 18.2 Å². The molecule has 2 aromatic carbocycles. The molecule has 2 heterocycles. The minimum atomic E-state index is -1.46. The highest BCUT2D eigenvalue weighted by molar-refractivity contribution is 5.93. The van der Waals surface area contributed by atoms with Crippen molar-refractivity contribution in [2.24, 2.45) is 0 Å². The maximum absolute atomic E-state index is 11.1. The van der Waals surface area contributed by atoms with E-state index in [2.05, 4.69) is 9.97 Å². The van der Waals surface area contributed by atoms with Crippen molar-refractivity contribution in [3.63, 3.8) is 0 Å². The molecular formula is C20H20N2O7. The number of carboxylic acid groups (broad SMARTS) is 1. The summed E-state index contributed by atoms with van der Waals surface area (Å²) in [5.41, 5.74) is 2.50. The fraction of sp³-hybridized carbons (Fsp3) is 0.300. The van der Waals surface area contributed by atoms with Gasteiger partial charge in [0.15, 0.2) is 0 Å². The van der Waals surface area contributed by atoms with E-state index >= 15 is 0 Å². The van der Waals surface area contributed by atoms with Gasteiger partial charge in [-0.15, -0.1) is 0 Å². The van der Waals surface area contributed by atoms with Gasteiger partial charge in [0.2, 0.25) is 0 Å². The zero-order chi connectivity index (χ0) is 20.7. The molecule has 9 heteroatoms. The predicted molar refractivity (Wildman–Crippen MR) is 101 cm³/mol. The lowest BCUT2D eigenvalue weighted by Gasteiger charge is -2.40. The maximum Gasteiger partial charge on any atom is 0.335 e. The molecule has 1 fully saturated rings. The Morgan fingerprint density at radius 1 is 1.07 bits per heavy atom. The van der Waals surface area contributed by atoms with Crippen LogP contribution in [-0.4, -0.2) is 72.5 Å². The van der Waals surface area contributed by atoms with Crippen molar-refractivity contribution in [1.82, 2.24) is 9.97 Å². The second kappa shape index (κ2) is 7.54. The number of imidazole rings is 1. The Bertz CT molecular complexity index is 1050. The monoisotopic (exact) mass is 400 g/mol. The molecule has 29 heavy (non-hydrogen) atoms. The van der Waals surface area contributed by atoms with Gasteiger partial charge in [0.05, 0.1) is 23.2 Å². The minimum absolute atomic E-state index is 0.141. The Morgan fingerprint density at radius 2 is 1.86 bits per heavy atom. The van der Waals surface area contributed by atoms with E-state index in [4.69, 9.17) is 9.84 Å². The summed E-state index contributed by atoms with van der Waals surface area (Å²) in [5, 5.41) is 48.8. The highest BCUT2D eigenvalue weighted by Crippen LogP contribution is 2.34. The third-order valence-corrected chi connectivity index (χ3v) is 5.11. The summed E-state index contributed by atoms with van der Waals surface area (Å²) in [4.78, 5) is 18.7. The predicted octanol–water partition coefficient (Wildman–Crippen LogP) is 0.443. The fourth-order valence-electron chi connectivity index (χ4n) is 3.52. The molecule has 5 atom stereocenters. The van der Waals surface area contributed by atoms with Crippen LogP contribution in [0.4, 0.5) is 0 Å². The van der Waals surface area contributed by atoms with Crippen LogP contribution in [0, 0.1) is 0 Å². The van der Waals surface area contributed by atoms with E-state index < -0.39 is 43.1 Å². The van der Waals surface area contributed by atoms with Gasteiger partial charge in [0.25, 0.3) is 0 Å². The number of benzene rings is 2. The topological polar surface area (TPSA) is 156 Å². The van der Waals surface area contributed by atoms with E-state index in [9.17, 15) is 25.2 Å². The first kappa shape index (κ1) is 19.5. The van der Waals surface area contributed by atoms with Crippen LogP contribution in [0.1, 0.15) is 22.0 Å². The number of aromatic nitrogens is 2. The zero-order valence-electron chi connectivity index (χ0n) is 15.1. The van der Waals surface area contributed by atoms with Crippen molar-refractivity contribution >= 4 is 17.0 Å². The van der Waals surface area contributed by atoms with Gasteiger partial charge in [0, 0.05) is 5.56 Å². The van der Waals surface area contributed by atoms with Crippen LogP contribution < -0.4 is 0 Å². The van der Waals surface area contributed by atoms with Gasteiger partial charge in [0.1, 0.15) is 36.3 Å². The number of carbonyl (C=O) groups is 1. The molecule has 0 spiro atoms. The number of nitrogens with zero attached hydrogens (tertiary/aromatic N) is 1. The third-order valence-electron chi connectivity index (χ3n) is 5.11. The van der Waals surface area contributed by atoms with Gasteiger partial charge in [-0.3, -0.25) is 0 Å². The van der Waals surface area contributed by atoms with Crippen molar-refractivity contribution in [1.29, 1.82) is 0 Å². The Labute approximate surface area is 164 Å². The van der Waals surface area contributed by atoms with Crippen molar-refractivity contribution < 1.29 is 35.1 Å². The molecule has 9 nitrogen and oxygen atoms in total. The molecule has 0 radical (unpaired) electrons. The average molecular weight is 400 g/mol. The SMILES string of the molecule is O=C(O)c1ccc2nc(-c3cccc([C@H]4O[C@H](CO)[C@@H](O)[C@H](O)[C@H]4O)c3)[nH]c2c1. The number of carboxylic acids is 1. The standard InChI is InChI=1S/C20H20N2O7/c23-8-14-15(24)16(25)17(26)18(29-14)9-2-1-3-10(6-9)19-21-12-5-4-11(20(27)28)7-13(12)22-19/h1-7,14-18,23-26H,8H2,(H,21,22)(H,27,28)/t14-,15-,16+,17-,18-/m1/s1. The number of aromatic carboxylic acids is 1. The van der Waals surface area contributed by atoms with Crippen molar-refractivity contribution in [3.05, 3.63) is 53.6 Å². The van der Waals surface area contributed by atoms with Crippen molar-refractivity contribution in [3.8, 4) is 11.4 Å². The molecule has 4 rings (SSSR count). The number of rotatable bonds is 4. The Morgan fingerprint density at radius 3 is 2.59 bits per heavy atom. The van der Waals surface area contributed by atoms with Crippen LogP contribution in [0.5, 0.6) is 0 Å². The summed E-state index contributed by atoms with van der Waals surface area (Å²) < 4.78 is 5.60. The van der Waals surface area contributed by atoms with Gasteiger partial charge in [-0.05, 0) is 29.8 Å². The van der Waals surface area contributed by atoms with E-state index in [1.165, 1.54) is 12.1 Å². The number of aliphatic hydroxyl groups excluding tert-OH is 4. The normalized spacial score (nSPS) is 27.2. The van der Waals surface area contributed by atoms with E-state index in [0.717, 1.165) is 0 Å². The number of hydrogen-bond donors (Lipinski definition) is 6. The lowest BCUT2D eigenvalue weighted by atomic mass is 9.90. The lowest BCUT2D eigenvalue weighted by Crippen LogP contribution is -2.55. The maximum atomic E-state index is 11.1. The number of ether oxygens (including phenoxy) is 1. The molecule has 1 aromatic heterocycles. The van der Waals surface area contributed by atoms with Crippen molar-refractivity contribution in [2.75, 3.05) is 6.61 Å². The largest absolute Gasteiger partial charge is 0.478 e.